The molecular weight excluding hydrogens is 352 g/mol. The Morgan fingerprint density at radius 1 is 1.11 bits per heavy atom. The van der Waals surface area contributed by atoms with Gasteiger partial charge in [0.15, 0.2) is 6.10 Å². The van der Waals surface area contributed by atoms with Gasteiger partial charge in [-0.1, -0.05) is 60.7 Å². The monoisotopic (exact) mass is 380 g/mol. The van der Waals surface area contributed by atoms with Crippen LogP contribution in [0.2, 0.25) is 0 Å². The van der Waals surface area contributed by atoms with E-state index in [1.165, 1.54) is 5.56 Å². The maximum Gasteiger partial charge on any atom is 0.254 e. The van der Waals surface area contributed by atoms with Gasteiger partial charge in [-0.2, -0.15) is 0 Å². The minimum Gasteiger partial charge on any atom is -0.384 e. The van der Waals surface area contributed by atoms with Crippen molar-refractivity contribution >= 4 is 5.91 Å². The van der Waals surface area contributed by atoms with Crippen molar-refractivity contribution in [2.45, 2.75) is 45.1 Å². The summed E-state index contributed by atoms with van der Waals surface area (Å²) in [4.78, 5) is 14.3. The second-order valence-corrected chi connectivity index (χ2v) is 7.47. The number of hydrogen-bond donors (Lipinski definition) is 3. The average molecular weight is 380 g/mol. The van der Waals surface area contributed by atoms with E-state index < -0.39 is 18.1 Å². The number of hydrogen-bond acceptors (Lipinski definition) is 4. The highest BCUT2D eigenvalue weighted by molar-refractivity contribution is 5.82. The fourth-order valence-electron chi connectivity index (χ4n) is 3.58. The molecule has 5 nitrogen and oxygen atoms in total. The minimum atomic E-state index is -1.55. The number of carbonyl (C=O) groups excluding carboxylic acids is 1. The molecule has 5 heteroatoms. The molecule has 1 heterocycles. The van der Waals surface area contributed by atoms with Crippen LogP contribution >= 0.6 is 0 Å². The molecule has 0 aromatic heterocycles. The van der Waals surface area contributed by atoms with Gasteiger partial charge in [-0.15, -0.1) is 0 Å². The molecule has 0 fully saturated rings. The Hall–Kier alpha value is -2.63. The smallest absolute Gasteiger partial charge is 0.254 e. The first-order chi connectivity index (χ1) is 13.4. The van der Waals surface area contributed by atoms with E-state index >= 15 is 0 Å². The van der Waals surface area contributed by atoms with Gasteiger partial charge in [0.05, 0.1) is 0 Å². The summed E-state index contributed by atoms with van der Waals surface area (Å²) in [5, 5.41) is 24.0. The van der Waals surface area contributed by atoms with Crippen LogP contribution in [-0.4, -0.2) is 39.8 Å². The van der Waals surface area contributed by atoms with Gasteiger partial charge in [-0.3, -0.25) is 4.79 Å². The number of rotatable bonds is 6. The molecule has 1 aliphatic rings. The van der Waals surface area contributed by atoms with Crippen molar-refractivity contribution in [1.82, 2.24) is 10.2 Å². The number of aliphatic hydroxyl groups is 2. The first kappa shape index (κ1) is 20.1. The molecule has 0 bridgehead atoms. The fourth-order valence-corrected chi connectivity index (χ4v) is 3.58. The van der Waals surface area contributed by atoms with Crippen molar-refractivity contribution in [3.63, 3.8) is 0 Å². The zero-order valence-corrected chi connectivity index (χ0v) is 16.4. The van der Waals surface area contributed by atoms with Crippen molar-refractivity contribution < 1.29 is 15.0 Å². The highest BCUT2D eigenvalue weighted by Gasteiger charge is 2.32. The third kappa shape index (κ3) is 4.43. The number of fused-ring (bicyclic) bond motifs is 1. The quantitative estimate of drug-likeness (QED) is 0.720. The molecule has 3 rings (SSSR count). The van der Waals surface area contributed by atoms with Gasteiger partial charge in [-0.05, 0) is 37.0 Å². The molecule has 3 unspecified atom stereocenters. The molecule has 148 valence electrons. The van der Waals surface area contributed by atoms with Gasteiger partial charge in [0.1, 0.15) is 6.10 Å². The van der Waals surface area contributed by atoms with Gasteiger partial charge >= 0.3 is 0 Å². The lowest BCUT2D eigenvalue weighted by atomic mass is 9.99. The lowest BCUT2D eigenvalue weighted by Crippen LogP contribution is -2.48. The second kappa shape index (κ2) is 8.59. The summed E-state index contributed by atoms with van der Waals surface area (Å²) >= 11 is 0. The van der Waals surface area contributed by atoms with Gasteiger partial charge in [0, 0.05) is 24.8 Å². The van der Waals surface area contributed by atoms with Crippen LogP contribution in [0.4, 0.5) is 0 Å². The highest BCUT2D eigenvalue weighted by Crippen LogP contribution is 2.21. The first-order valence-corrected chi connectivity index (χ1v) is 9.60. The van der Waals surface area contributed by atoms with E-state index in [-0.39, 0.29) is 11.7 Å². The Labute approximate surface area is 166 Å². The van der Waals surface area contributed by atoms with Crippen LogP contribution in [0.1, 0.15) is 35.2 Å². The van der Waals surface area contributed by atoms with Crippen LogP contribution in [0, 0.1) is 6.92 Å². The zero-order chi connectivity index (χ0) is 20.3. The number of carbonyl (C=O) groups is 1. The van der Waals surface area contributed by atoms with E-state index in [0.29, 0.717) is 13.1 Å². The number of aliphatic hydroxyl groups excluding tert-OH is 2. The summed E-state index contributed by atoms with van der Waals surface area (Å²) in [5.74, 6) is -0.479. The molecule has 28 heavy (non-hydrogen) atoms. The molecule has 0 saturated carbocycles. The maximum atomic E-state index is 12.7. The number of benzene rings is 2. The Kier molecular flexibility index (Phi) is 6.17. The second-order valence-electron chi connectivity index (χ2n) is 7.47. The van der Waals surface area contributed by atoms with Crippen LogP contribution in [0.15, 0.2) is 60.8 Å². The molecule has 3 atom stereocenters. The fraction of sp³-hybridized carbons (Fsp3) is 0.348. The molecular formula is C23H28N2O3. The van der Waals surface area contributed by atoms with Crippen molar-refractivity contribution in [1.29, 1.82) is 0 Å². The van der Waals surface area contributed by atoms with Crippen molar-refractivity contribution in [2.24, 2.45) is 0 Å². The van der Waals surface area contributed by atoms with Crippen LogP contribution in [0.3, 0.4) is 0 Å². The number of amides is 1. The van der Waals surface area contributed by atoms with Crippen LogP contribution < -0.4 is 5.32 Å². The van der Waals surface area contributed by atoms with Gasteiger partial charge in [0.25, 0.3) is 5.91 Å². The predicted molar refractivity (Wildman–Crippen MR) is 109 cm³/mol. The van der Waals surface area contributed by atoms with E-state index in [1.54, 1.807) is 4.90 Å². The van der Waals surface area contributed by atoms with Gasteiger partial charge in [-0.25, -0.2) is 0 Å². The third-order valence-corrected chi connectivity index (χ3v) is 5.30. The Morgan fingerprint density at radius 2 is 1.82 bits per heavy atom. The first-order valence-electron chi connectivity index (χ1n) is 9.60. The van der Waals surface area contributed by atoms with Crippen LogP contribution in [0.5, 0.6) is 0 Å². The summed E-state index contributed by atoms with van der Waals surface area (Å²) in [6.45, 7) is 8.76. The largest absolute Gasteiger partial charge is 0.384 e. The standard InChI is InChI=1S/C23H28N2O3/c1-15-7-6-10-19(13-15)16(2)24-17(3)21(26)22(27)23(28)25-12-11-18-8-4-5-9-20(18)14-25/h4-10,13,16,21-22,24,26-27H,3,11-12,14H2,1-2H3. The zero-order valence-electron chi connectivity index (χ0n) is 16.4. The molecule has 0 spiro atoms. The SMILES string of the molecule is C=C(NC(C)c1cccc(C)c1)C(O)C(O)C(=O)N1CCc2ccccc2C1. The molecule has 1 amide bonds. The molecule has 2 aromatic rings. The minimum absolute atomic E-state index is 0.105. The lowest BCUT2D eigenvalue weighted by molar-refractivity contribution is -0.146. The van der Waals surface area contributed by atoms with E-state index in [1.807, 2.05) is 56.3 Å². The highest BCUT2D eigenvalue weighted by atomic mass is 16.3. The number of nitrogens with one attached hydrogen (secondary N) is 1. The molecule has 1 aliphatic heterocycles. The normalized spacial score (nSPS) is 16.6. The Bertz CT molecular complexity index is 864. The summed E-state index contributed by atoms with van der Waals surface area (Å²) in [5.41, 5.74) is 4.71. The summed E-state index contributed by atoms with van der Waals surface area (Å²) in [7, 11) is 0. The van der Waals surface area contributed by atoms with Crippen molar-refractivity contribution in [2.75, 3.05) is 6.54 Å². The maximum absolute atomic E-state index is 12.7. The molecule has 0 aliphatic carbocycles. The summed E-state index contributed by atoms with van der Waals surface area (Å²) in [6.07, 6.45) is -2.18. The van der Waals surface area contributed by atoms with E-state index in [0.717, 1.165) is 23.1 Å². The molecule has 0 saturated heterocycles. The molecule has 3 N–H and O–H groups in total. The average Bonchev–Trinajstić information content (AvgIpc) is 2.71. The van der Waals surface area contributed by atoms with E-state index in [2.05, 4.69) is 18.0 Å². The Balaban J connectivity index is 1.61. The summed E-state index contributed by atoms with van der Waals surface area (Å²) in [6, 6.07) is 15.9. The van der Waals surface area contributed by atoms with Crippen molar-refractivity contribution in [3.05, 3.63) is 83.1 Å². The van der Waals surface area contributed by atoms with Gasteiger partial charge < -0.3 is 20.4 Å². The van der Waals surface area contributed by atoms with Gasteiger partial charge in [0.2, 0.25) is 0 Å². The van der Waals surface area contributed by atoms with Crippen molar-refractivity contribution in [3.8, 4) is 0 Å². The Morgan fingerprint density at radius 3 is 2.54 bits per heavy atom. The summed E-state index contributed by atoms with van der Waals surface area (Å²) < 4.78 is 0. The van der Waals surface area contributed by atoms with E-state index in [9.17, 15) is 15.0 Å². The predicted octanol–water partition coefficient (Wildman–Crippen LogP) is 2.47. The topological polar surface area (TPSA) is 72.8 Å². The van der Waals surface area contributed by atoms with E-state index in [4.69, 9.17) is 0 Å². The van der Waals surface area contributed by atoms with Crippen LogP contribution in [-0.2, 0) is 17.8 Å². The number of aryl methyl sites for hydroxylation is 1. The number of nitrogens with zero attached hydrogens (tertiary/aromatic N) is 1. The lowest BCUT2D eigenvalue weighted by Gasteiger charge is -2.32. The third-order valence-electron chi connectivity index (χ3n) is 5.30. The molecule has 0 radical (unpaired) electrons. The molecule has 2 aromatic carbocycles. The van der Waals surface area contributed by atoms with Crippen LogP contribution in [0.25, 0.3) is 0 Å².